The van der Waals surface area contributed by atoms with Gasteiger partial charge in [0.05, 0.1) is 21.3 Å². The highest BCUT2D eigenvalue weighted by molar-refractivity contribution is 6.07. The minimum absolute atomic E-state index is 0.0868. The molecule has 0 saturated heterocycles. The Hall–Kier alpha value is -2.69. The van der Waals surface area contributed by atoms with Crippen LogP contribution >= 0.6 is 0 Å². The molecule has 0 aliphatic carbocycles. The van der Waals surface area contributed by atoms with Crippen molar-refractivity contribution in [2.24, 2.45) is 0 Å². The summed E-state index contributed by atoms with van der Waals surface area (Å²) in [5.41, 5.74) is 3.76. The average molecular weight is 386 g/mol. The van der Waals surface area contributed by atoms with E-state index in [4.69, 9.17) is 14.2 Å². The first-order chi connectivity index (χ1) is 13.4. The summed E-state index contributed by atoms with van der Waals surface area (Å²) < 4.78 is 16.2. The zero-order valence-electron chi connectivity index (χ0n) is 18.0. The molecule has 5 heteroatoms. The number of hydrogen-bond acceptors (Lipinski definition) is 4. The molecule has 0 aliphatic heterocycles. The van der Waals surface area contributed by atoms with Gasteiger partial charge in [-0.25, -0.2) is 0 Å². The van der Waals surface area contributed by atoms with Gasteiger partial charge in [-0.05, 0) is 62.1 Å². The second-order valence-electron chi connectivity index (χ2n) is 6.83. The van der Waals surface area contributed by atoms with Crippen molar-refractivity contribution in [1.29, 1.82) is 0 Å². The lowest BCUT2D eigenvalue weighted by Crippen LogP contribution is -2.40. The SMILES string of the molecule is CCC(CC)N(C(=O)c1cc(OC)c(OC)c(OC)c1)c1ccc(C)c(C)c1. The number of hydrogen-bond donors (Lipinski definition) is 0. The van der Waals surface area contributed by atoms with Crippen LogP contribution in [-0.2, 0) is 0 Å². The van der Waals surface area contributed by atoms with Crippen molar-refractivity contribution in [3.05, 3.63) is 47.0 Å². The minimum Gasteiger partial charge on any atom is -0.493 e. The third-order valence-corrected chi connectivity index (χ3v) is 5.21. The van der Waals surface area contributed by atoms with E-state index in [0.717, 1.165) is 24.1 Å². The van der Waals surface area contributed by atoms with Crippen LogP contribution < -0.4 is 19.1 Å². The molecule has 2 rings (SSSR count). The van der Waals surface area contributed by atoms with E-state index in [1.54, 1.807) is 33.5 Å². The fourth-order valence-corrected chi connectivity index (χ4v) is 3.37. The quantitative estimate of drug-likeness (QED) is 0.629. The van der Waals surface area contributed by atoms with Crippen molar-refractivity contribution in [3.63, 3.8) is 0 Å². The van der Waals surface area contributed by atoms with E-state index in [2.05, 4.69) is 39.8 Å². The fraction of sp³-hybridized carbons (Fsp3) is 0.435. The molecule has 0 aromatic heterocycles. The zero-order valence-corrected chi connectivity index (χ0v) is 18.0. The largest absolute Gasteiger partial charge is 0.493 e. The lowest BCUT2D eigenvalue weighted by molar-refractivity contribution is 0.0974. The smallest absolute Gasteiger partial charge is 0.258 e. The lowest BCUT2D eigenvalue weighted by Gasteiger charge is -2.31. The molecule has 28 heavy (non-hydrogen) atoms. The topological polar surface area (TPSA) is 48.0 Å². The highest BCUT2D eigenvalue weighted by Gasteiger charge is 2.27. The maximum atomic E-state index is 13.6. The molecule has 0 saturated carbocycles. The first kappa shape index (κ1) is 21.6. The molecule has 1 amide bonds. The van der Waals surface area contributed by atoms with Crippen molar-refractivity contribution in [1.82, 2.24) is 0 Å². The molecule has 5 nitrogen and oxygen atoms in total. The summed E-state index contributed by atoms with van der Waals surface area (Å²) >= 11 is 0. The fourth-order valence-electron chi connectivity index (χ4n) is 3.37. The highest BCUT2D eigenvalue weighted by atomic mass is 16.5. The average Bonchev–Trinajstić information content (AvgIpc) is 2.72. The van der Waals surface area contributed by atoms with Crippen LogP contribution in [0.4, 0.5) is 5.69 Å². The van der Waals surface area contributed by atoms with Crippen molar-refractivity contribution in [3.8, 4) is 17.2 Å². The van der Waals surface area contributed by atoms with E-state index in [0.29, 0.717) is 22.8 Å². The Labute approximate surface area is 168 Å². The molecule has 0 fully saturated rings. The van der Waals surface area contributed by atoms with Gasteiger partial charge in [-0.1, -0.05) is 19.9 Å². The van der Waals surface area contributed by atoms with Gasteiger partial charge in [-0.15, -0.1) is 0 Å². The summed E-state index contributed by atoms with van der Waals surface area (Å²) in [6.07, 6.45) is 1.72. The molecule has 2 aromatic rings. The Balaban J connectivity index is 2.60. The number of carbonyl (C=O) groups excluding carboxylic acids is 1. The Morgan fingerprint density at radius 3 is 1.89 bits per heavy atom. The van der Waals surface area contributed by atoms with Crippen LogP contribution in [0.25, 0.3) is 0 Å². The second kappa shape index (κ2) is 9.49. The Kier molecular flexibility index (Phi) is 7.32. The number of ether oxygens (including phenoxy) is 3. The molecule has 0 N–H and O–H groups in total. The number of anilines is 1. The number of aryl methyl sites for hydroxylation is 2. The predicted octanol–water partition coefficient (Wildman–Crippen LogP) is 5.16. The standard InChI is InChI=1S/C23H31NO4/c1-8-18(9-2)24(19-11-10-15(3)16(4)12-19)23(25)17-13-20(26-5)22(28-7)21(14-17)27-6/h10-14,18H,8-9H2,1-7H3. The van der Waals surface area contributed by atoms with Crippen molar-refractivity contribution >= 4 is 11.6 Å². The first-order valence-corrected chi connectivity index (χ1v) is 9.62. The van der Waals surface area contributed by atoms with Gasteiger partial charge in [0.25, 0.3) is 5.91 Å². The maximum Gasteiger partial charge on any atom is 0.258 e. The number of nitrogens with zero attached hydrogens (tertiary/aromatic N) is 1. The molecule has 0 bridgehead atoms. The van der Waals surface area contributed by atoms with Gasteiger partial charge < -0.3 is 19.1 Å². The third kappa shape index (κ3) is 4.24. The first-order valence-electron chi connectivity index (χ1n) is 9.62. The monoisotopic (exact) mass is 385 g/mol. The number of methoxy groups -OCH3 is 3. The van der Waals surface area contributed by atoms with Gasteiger partial charge in [0.15, 0.2) is 11.5 Å². The van der Waals surface area contributed by atoms with Crippen LogP contribution in [0.3, 0.4) is 0 Å². The molecule has 0 heterocycles. The summed E-state index contributed by atoms with van der Waals surface area (Å²) in [5.74, 6) is 1.32. The van der Waals surface area contributed by atoms with Gasteiger partial charge in [0.2, 0.25) is 5.75 Å². The van der Waals surface area contributed by atoms with E-state index < -0.39 is 0 Å². The zero-order chi connectivity index (χ0) is 20.8. The summed E-state index contributed by atoms with van der Waals surface area (Å²) in [6.45, 7) is 8.34. The van der Waals surface area contributed by atoms with E-state index in [1.165, 1.54) is 5.56 Å². The Bertz CT molecular complexity index is 802. The van der Waals surface area contributed by atoms with Crippen LogP contribution in [0.1, 0.15) is 48.2 Å². The Morgan fingerprint density at radius 2 is 1.46 bits per heavy atom. The molecular formula is C23H31NO4. The molecule has 152 valence electrons. The highest BCUT2D eigenvalue weighted by Crippen LogP contribution is 2.39. The van der Waals surface area contributed by atoms with Crippen LogP contribution in [0.15, 0.2) is 30.3 Å². The lowest BCUT2D eigenvalue weighted by atomic mass is 10.0. The summed E-state index contributed by atoms with van der Waals surface area (Å²) in [4.78, 5) is 15.5. The van der Waals surface area contributed by atoms with Crippen LogP contribution in [0, 0.1) is 13.8 Å². The van der Waals surface area contributed by atoms with E-state index in [9.17, 15) is 4.79 Å². The molecule has 0 spiro atoms. The van der Waals surface area contributed by atoms with Gasteiger partial charge in [-0.2, -0.15) is 0 Å². The van der Waals surface area contributed by atoms with Crippen molar-refractivity contribution in [2.75, 3.05) is 26.2 Å². The number of carbonyl (C=O) groups is 1. The molecule has 2 aromatic carbocycles. The number of amides is 1. The molecular weight excluding hydrogens is 354 g/mol. The summed E-state index contributed by atoms with van der Waals surface area (Å²) in [5, 5.41) is 0. The van der Waals surface area contributed by atoms with E-state index >= 15 is 0 Å². The van der Waals surface area contributed by atoms with Crippen molar-refractivity contribution in [2.45, 2.75) is 46.6 Å². The molecule has 0 aliphatic rings. The summed E-state index contributed by atoms with van der Waals surface area (Å²) in [6, 6.07) is 9.65. The van der Waals surface area contributed by atoms with Crippen LogP contribution in [0.2, 0.25) is 0 Å². The third-order valence-electron chi connectivity index (χ3n) is 5.21. The van der Waals surface area contributed by atoms with E-state index in [-0.39, 0.29) is 11.9 Å². The second-order valence-corrected chi connectivity index (χ2v) is 6.83. The molecule has 0 unspecified atom stereocenters. The van der Waals surface area contributed by atoms with Crippen LogP contribution in [-0.4, -0.2) is 33.3 Å². The van der Waals surface area contributed by atoms with Gasteiger partial charge >= 0.3 is 0 Å². The van der Waals surface area contributed by atoms with Gasteiger partial charge in [0, 0.05) is 17.3 Å². The van der Waals surface area contributed by atoms with Gasteiger partial charge in [-0.3, -0.25) is 4.79 Å². The van der Waals surface area contributed by atoms with Crippen molar-refractivity contribution < 1.29 is 19.0 Å². The predicted molar refractivity (Wildman–Crippen MR) is 113 cm³/mol. The molecule has 0 radical (unpaired) electrons. The number of rotatable bonds is 8. The van der Waals surface area contributed by atoms with E-state index in [1.807, 2.05) is 11.0 Å². The summed E-state index contributed by atoms with van der Waals surface area (Å²) in [7, 11) is 4.65. The van der Waals surface area contributed by atoms with Crippen LogP contribution in [0.5, 0.6) is 17.2 Å². The minimum atomic E-state index is -0.0868. The Morgan fingerprint density at radius 1 is 0.893 bits per heavy atom. The number of benzene rings is 2. The maximum absolute atomic E-state index is 13.6. The van der Waals surface area contributed by atoms with Gasteiger partial charge in [0.1, 0.15) is 0 Å². The normalized spacial score (nSPS) is 10.7. The molecule has 0 atom stereocenters.